The van der Waals surface area contributed by atoms with Crippen molar-refractivity contribution in [3.8, 4) is 5.69 Å². The van der Waals surface area contributed by atoms with Crippen molar-refractivity contribution < 1.29 is 9.90 Å². The third-order valence-corrected chi connectivity index (χ3v) is 5.60. The molecule has 1 atom stereocenters. The number of carbonyl (C=O) groups excluding carboxylic acids is 1. The zero-order valence-corrected chi connectivity index (χ0v) is 18.1. The van der Waals surface area contributed by atoms with Gasteiger partial charge in [-0.1, -0.05) is 66.7 Å². The van der Waals surface area contributed by atoms with Gasteiger partial charge in [0, 0.05) is 12.6 Å². The Bertz CT molecular complexity index is 1210. The molecule has 0 amide bonds. The molecule has 1 heterocycles. The van der Waals surface area contributed by atoms with Crippen LogP contribution in [0.25, 0.3) is 5.69 Å². The molecule has 4 rings (SSSR count). The molecule has 8 heteroatoms. The van der Waals surface area contributed by atoms with Crippen molar-refractivity contribution in [3.63, 3.8) is 0 Å². The van der Waals surface area contributed by atoms with Crippen LogP contribution in [0.2, 0.25) is 0 Å². The van der Waals surface area contributed by atoms with E-state index in [4.69, 9.17) is 0 Å². The molecule has 160 valence electrons. The van der Waals surface area contributed by atoms with Crippen LogP contribution < -0.4 is 5.43 Å². The number of carbonyl (C=O) groups is 1. The van der Waals surface area contributed by atoms with Crippen molar-refractivity contribution in [1.82, 2.24) is 14.8 Å². The smallest absolute Gasteiger partial charge is 0.202 e. The molecule has 1 unspecified atom stereocenters. The summed E-state index contributed by atoms with van der Waals surface area (Å²) in [6.45, 7) is 1.45. The van der Waals surface area contributed by atoms with Gasteiger partial charge >= 0.3 is 0 Å². The molecular formula is C24H21N5O2S. The van der Waals surface area contributed by atoms with Gasteiger partial charge in [-0.3, -0.25) is 14.8 Å². The van der Waals surface area contributed by atoms with Gasteiger partial charge in [-0.2, -0.15) is 5.10 Å². The lowest BCUT2D eigenvalue weighted by atomic mass is 10.1. The molecule has 0 aliphatic carbocycles. The SMILES string of the molecule is CC(=O)/C(=N/Nc1ccccc1)Sc1nnc(C(O)c2ccccc2)n1-c1ccccc1. The molecule has 4 aromatic rings. The first-order chi connectivity index (χ1) is 15.6. The van der Waals surface area contributed by atoms with Crippen molar-refractivity contribution >= 4 is 28.3 Å². The van der Waals surface area contributed by atoms with Crippen LogP contribution in [0, 0.1) is 0 Å². The molecule has 0 fully saturated rings. The fourth-order valence-electron chi connectivity index (χ4n) is 3.02. The molecule has 7 nitrogen and oxygen atoms in total. The number of hydrogen-bond donors (Lipinski definition) is 2. The average Bonchev–Trinajstić information content (AvgIpc) is 3.26. The summed E-state index contributed by atoms with van der Waals surface area (Å²) in [5, 5.41) is 24.4. The van der Waals surface area contributed by atoms with Gasteiger partial charge in [0.05, 0.1) is 5.69 Å². The monoisotopic (exact) mass is 443 g/mol. The van der Waals surface area contributed by atoms with Crippen LogP contribution in [0.4, 0.5) is 5.69 Å². The summed E-state index contributed by atoms with van der Waals surface area (Å²) in [7, 11) is 0. The summed E-state index contributed by atoms with van der Waals surface area (Å²) in [5.41, 5.74) is 5.12. The number of hydrogen-bond acceptors (Lipinski definition) is 7. The fourth-order valence-corrected chi connectivity index (χ4v) is 3.80. The Morgan fingerprint density at radius 3 is 2.16 bits per heavy atom. The number of anilines is 1. The highest BCUT2D eigenvalue weighted by Crippen LogP contribution is 2.29. The van der Waals surface area contributed by atoms with E-state index in [1.165, 1.54) is 6.92 Å². The molecule has 0 saturated carbocycles. The van der Waals surface area contributed by atoms with E-state index in [0.29, 0.717) is 16.5 Å². The number of ketones is 1. The average molecular weight is 444 g/mol. The van der Waals surface area contributed by atoms with E-state index >= 15 is 0 Å². The molecule has 0 saturated heterocycles. The molecule has 32 heavy (non-hydrogen) atoms. The first-order valence-corrected chi connectivity index (χ1v) is 10.8. The molecular weight excluding hydrogens is 422 g/mol. The summed E-state index contributed by atoms with van der Waals surface area (Å²) in [5.74, 6) is 0.134. The predicted molar refractivity (Wildman–Crippen MR) is 126 cm³/mol. The highest BCUT2D eigenvalue weighted by Gasteiger charge is 2.24. The minimum Gasteiger partial charge on any atom is -0.380 e. The maximum atomic E-state index is 12.3. The largest absolute Gasteiger partial charge is 0.380 e. The topological polar surface area (TPSA) is 92.4 Å². The van der Waals surface area contributed by atoms with Crippen molar-refractivity contribution in [2.45, 2.75) is 18.2 Å². The number of para-hydroxylation sites is 2. The number of hydrazone groups is 1. The van der Waals surface area contributed by atoms with Crippen LogP contribution >= 0.6 is 11.8 Å². The zero-order valence-electron chi connectivity index (χ0n) is 17.3. The second-order valence-electron chi connectivity index (χ2n) is 6.88. The molecule has 0 spiro atoms. The molecule has 1 aromatic heterocycles. The van der Waals surface area contributed by atoms with Crippen LogP contribution in [0.1, 0.15) is 24.4 Å². The standard InChI is InChI=1S/C24H21N5O2S/c1-17(30)23(27-25-19-13-7-3-8-14-19)32-24-28-26-22(21(31)18-11-5-2-6-12-18)29(24)20-15-9-4-10-16-20/h2-16,21,25,31H,1H3/b27-23-. The van der Waals surface area contributed by atoms with Crippen molar-refractivity contribution in [2.24, 2.45) is 5.10 Å². The number of Topliss-reactive ketones (excluding diaryl/α,β-unsaturated/α-hetero) is 1. The predicted octanol–water partition coefficient (Wildman–Crippen LogP) is 4.46. The van der Waals surface area contributed by atoms with E-state index in [9.17, 15) is 9.90 Å². The maximum absolute atomic E-state index is 12.3. The van der Waals surface area contributed by atoms with Crippen molar-refractivity contribution in [2.75, 3.05) is 5.43 Å². The molecule has 0 aliphatic heterocycles. The summed E-state index contributed by atoms with van der Waals surface area (Å²) in [6.07, 6.45) is -0.988. The Kier molecular flexibility index (Phi) is 6.74. The number of aromatic nitrogens is 3. The third kappa shape index (κ3) is 4.93. The van der Waals surface area contributed by atoms with Crippen LogP contribution in [-0.2, 0) is 4.79 Å². The van der Waals surface area contributed by atoms with Gasteiger partial charge in [-0.25, -0.2) is 0 Å². The number of rotatable bonds is 7. The Morgan fingerprint density at radius 1 is 0.938 bits per heavy atom. The van der Waals surface area contributed by atoms with E-state index in [-0.39, 0.29) is 10.8 Å². The van der Waals surface area contributed by atoms with E-state index < -0.39 is 6.10 Å². The van der Waals surface area contributed by atoms with Gasteiger partial charge in [-0.05, 0) is 41.6 Å². The minimum atomic E-state index is -0.988. The zero-order chi connectivity index (χ0) is 22.3. The second kappa shape index (κ2) is 10.0. The Hall–Kier alpha value is -3.75. The molecule has 2 N–H and O–H groups in total. The molecule has 0 radical (unpaired) electrons. The maximum Gasteiger partial charge on any atom is 0.202 e. The van der Waals surface area contributed by atoms with Gasteiger partial charge < -0.3 is 5.11 Å². The summed E-state index contributed by atoms with van der Waals surface area (Å²) < 4.78 is 1.74. The lowest BCUT2D eigenvalue weighted by Gasteiger charge is -2.14. The summed E-state index contributed by atoms with van der Waals surface area (Å²) in [6, 6.07) is 28.1. The van der Waals surface area contributed by atoms with Gasteiger partial charge in [0.1, 0.15) is 6.10 Å². The van der Waals surface area contributed by atoms with Crippen LogP contribution in [0.15, 0.2) is 101 Å². The van der Waals surface area contributed by atoms with Crippen LogP contribution in [-0.4, -0.2) is 30.7 Å². The summed E-state index contributed by atoms with van der Waals surface area (Å²) >= 11 is 1.09. The normalized spacial score (nSPS) is 12.4. The van der Waals surface area contributed by atoms with E-state index in [2.05, 4.69) is 20.7 Å². The number of benzene rings is 3. The van der Waals surface area contributed by atoms with Gasteiger partial charge in [0.15, 0.2) is 16.7 Å². The van der Waals surface area contributed by atoms with Crippen LogP contribution in [0.3, 0.4) is 0 Å². The number of nitrogens with zero attached hydrogens (tertiary/aromatic N) is 4. The first-order valence-electron chi connectivity index (χ1n) is 9.95. The lowest BCUT2D eigenvalue weighted by molar-refractivity contribution is -0.110. The van der Waals surface area contributed by atoms with Gasteiger partial charge in [0.2, 0.25) is 5.16 Å². The van der Waals surface area contributed by atoms with Crippen molar-refractivity contribution in [3.05, 3.63) is 102 Å². The Morgan fingerprint density at radius 2 is 1.53 bits per heavy atom. The van der Waals surface area contributed by atoms with E-state index in [0.717, 1.165) is 23.1 Å². The van der Waals surface area contributed by atoms with E-state index in [1.54, 1.807) is 4.57 Å². The van der Waals surface area contributed by atoms with Crippen LogP contribution in [0.5, 0.6) is 0 Å². The summed E-state index contributed by atoms with van der Waals surface area (Å²) in [4.78, 5) is 12.3. The molecule has 0 bridgehead atoms. The number of nitrogens with one attached hydrogen (secondary N) is 1. The second-order valence-corrected chi connectivity index (χ2v) is 7.83. The Labute approximate surface area is 189 Å². The number of thioether (sulfide) groups is 1. The van der Waals surface area contributed by atoms with Crippen molar-refractivity contribution in [1.29, 1.82) is 0 Å². The first kappa shape index (κ1) is 21.5. The fraction of sp³-hybridized carbons (Fsp3) is 0.0833. The lowest BCUT2D eigenvalue weighted by Crippen LogP contribution is -2.12. The molecule has 0 aliphatic rings. The minimum absolute atomic E-state index is 0.216. The van der Waals surface area contributed by atoms with Gasteiger partial charge in [-0.15, -0.1) is 10.2 Å². The Balaban J connectivity index is 1.71. The highest BCUT2D eigenvalue weighted by molar-refractivity contribution is 8.15. The van der Waals surface area contributed by atoms with E-state index in [1.807, 2.05) is 91.0 Å². The third-order valence-electron chi connectivity index (χ3n) is 4.58. The number of aliphatic hydroxyl groups is 1. The quantitative estimate of drug-likeness (QED) is 0.190. The molecule has 3 aromatic carbocycles. The van der Waals surface area contributed by atoms with Gasteiger partial charge in [0.25, 0.3) is 0 Å². The highest BCUT2D eigenvalue weighted by atomic mass is 32.2. The number of aliphatic hydroxyl groups excluding tert-OH is 1.